The molecule has 1 aromatic carbocycles. The van der Waals surface area contributed by atoms with Crippen molar-refractivity contribution in [1.82, 2.24) is 4.98 Å². The van der Waals surface area contributed by atoms with Crippen molar-refractivity contribution in [2.24, 2.45) is 0 Å². The molecule has 0 saturated carbocycles. The Kier molecular flexibility index (Phi) is 2.64. The second-order valence-corrected chi connectivity index (χ2v) is 3.22. The van der Waals surface area contributed by atoms with Crippen LogP contribution in [-0.2, 0) is 0 Å². The highest BCUT2D eigenvalue weighted by Crippen LogP contribution is 2.22. The molecule has 0 unspecified atom stereocenters. The van der Waals surface area contributed by atoms with E-state index >= 15 is 0 Å². The normalized spacial score (nSPS) is 10.1. The van der Waals surface area contributed by atoms with Gasteiger partial charge in [0.15, 0.2) is 0 Å². The Morgan fingerprint density at radius 3 is 2.56 bits per heavy atom. The van der Waals surface area contributed by atoms with Crippen LogP contribution in [0.5, 0.6) is 0 Å². The van der Waals surface area contributed by atoms with Crippen molar-refractivity contribution in [3.05, 3.63) is 54.1 Å². The van der Waals surface area contributed by atoms with Gasteiger partial charge in [-0.25, -0.2) is 9.78 Å². The zero-order chi connectivity index (χ0) is 11.5. The third-order valence-electron chi connectivity index (χ3n) is 2.20. The topological polar surface area (TPSA) is 50.2 Å². The van der Waals surface area contributed by atoms with Gasteiger partial charge in [-0.2, -0.15) is 4.39 Å². The number of hydrogen-bond acceptors (Lipinski definition) is 2. The molecule has 2 rings (SSSR count). The first-order chi connectivity index (χ1) is 7.68. The van der Waals surface area contributed by atoms with Gasteiger partial charge >= 0.3 is 5.97 Å². The molecule has 3 nitrogen and oxygen atoms in total. The van der Waals surface area contributed by atoms with Crippen molar-refractivity contribution in [2.75, 3.05) is 0 Å². The van der Waals surface area contributed by atoms with Crippen LogP contribution in [0.4, 0.5) is 4.39 Å². The van der Waals surface area contributed by atoms with E-state index < -0.39 is 11.9 Å². The molecule has 0 radical (unpaired) electrons. The summed E-state index contributed by atoms with van der Waals surface area (Å²) in [6, 6.07) is 9.24. The maximum Gasteiger partial charge on any atom is 0.336 e. The average Bonchev–Trinajstić information content (AvgIpc) is 2.30. The van der Waals surface area contributed by atoms with E-state index in [1.165, 1.54) is 24.4 Å². The molecule has 16 heavy (non-hydrogen) atoms. The maximum atomic E-state index is 12.6. The Labute approximate surface area is 91.2 Å². The van der Waals surface area contributed by atoms with Crippen molar-refractivity contribution in [2.45, 2.75) is 0 Å². The predicted octanol–water partition coefficient (Wildman–Crippen LogP) is 2.59. The molecule has 0 amide bonds. The molecule has 0 fully saturated rings. The SMILES string of the molecule is O=C(O)c1ccccc1-c1ccc(F)nc1. The molecular formula is C12H8FNO2. The fourth-order valence-electron chi connectivity index (χ4n) is 1.46. The number of carbonyl (C=O) groups is 1. The molecule has 80 valence electrons. The van der Waals surface area contributed by atoms with Crippen LogP contribution in [0, 0.1) is 5.95 Å². The van der Waals surface area contributed by atoms with E-state index in [9.17, 15) is 9.18 Å². The summed E-state index contributed by atoms with van der Waals surface area (Å²) >= 11 is 0. The highest BCUT2D eigenvalue weighted by atomic mass is 19.1. The van der Waals surface area contributed by atoms with Gasteiger partial charge < -0.3 is 5.11 Å². The van der Waals surface area contributed by atoms with Crippen LogP contribution in [0.15, 0.2) is 42.6 Å². The van der Waals surface area contributed by atoms with Crippen LogP contribution in [-0.4, -0.2) is 16.1 Å². The smallest absolute Gasteiger partial charge is 0.336 e. The summed E-state index contributed by atoms with van der Waals surface area (Å²) in [5.74, 6) is -1.60. The number of aromatic carboxylic acids is 1. The van der Waals surface area contributed by atoms with Crippen molar-refractivity contribution in [1.29, 1.82) is 0 Å². The lowest BCUT2D eigenvalue weighted by molar-refractivity contribution is 0.0697. The monoisotopic (exact) mass is 217 g/mol. The Morgan fingerprint density at radius 1 is 1.19 bits per heavy atom. The van der Waals surface area contributed by atoms with Gasteiger partial charge in [-0.1, -0.05) is 18.2 Å². The van der Waals surface area contributed by atoms with Gasteiger partial charge in [0.1, 0.15) is 0 Å². The Hall–Kier alpha value is -2.23. The van der Waals surface area contributed by atoms with Crippen LogP contribution in [0.1, 0.15) is 10.4 Å². The lowest BCUT2D eigenvalue weighted by Gasteiger charge is -2.04. The van der Waals surface area contributed by atoms with Crippen LogP contribution in [0.2, 0.25) is 0 Å². The summed E-state index contributed by atoms with van der Waals surface area (Å²) in [4.78, 5) is 14.5. The van der Waals surface area contributed by atoms with Crippen LogP contribution >= 0.6 is 0 Å². The number of hydrogen-bond donors (Lipinski definition) is 1. The lowest BCUT2D eigenvalue weighted by Crippen LogP contribution is -1.99. The zero-order valence-electron chi connectivity index (χ0n) is 8.22. The number of carboxylic acid groups (broad SMARTS) is 1. The Morgan fingerprint density at radius 2 is 1.94 bits per heavy atom. The van der Waals surface area contributed by atoms with E-state index in [1.54, 1.807) is 18.2 Å². The van der Waals surface area contributed by atoms with Crippen LogP contribution < -0.4 is 0 Å². The van der Waals surface area contributed by atoms with Crippen LogP contribution in [0.3, 0.4) is 0 Å². The van der Waals surface area contributed by atoms with Gasteiger partial charge in [0.2, 0.25) is 5.95 Å². The first-order valence-corrected chi connectivity index (χ1v) is 4.63. The molecule has 1 heterocycles. The summed E-state index contributed by atoms with van der Waals surface area (Å²) in [5, 5.41) is 8.99. The van der Waals surface area contributed by atoms with E-state index in [2.05, 4.69) is 4.98 Å². The minimum Gasteiger partial charge on any atom is -0.478 e. The minimum absolute atomic E-state index is 0.177. The third-order valence-corrected chi connectivity index (χ3v) is 2.20. The Balaban J connectivity index is 2.55. The number of carboxylic acids is 1. The molecule has 0 saturated heterocycles. The molecule has 0 aliphatic carbocycles. The summed E-state index contributed by atoms with van der Waals surface area (Å²) in [6.07, 6.45) is 1.32. The maximum absolute atomic E-state index is 12.6. The molecule has 0 atom stereocenters. The van der Waals surface area contributed by atoms with E-state index in [0.717, 1.165) is 0 Å². The van der Waals surface area contributed by atoms with E-state index in [-0.39, 0.29) is 5.56 Å². The third kappa shape index (κ3) is 1.91. The van der Waals surface area contributed by atoms with Gasteiger partial charge in [-0.05, 0) is 23.8 Å². The van der Waals surface area contributed by atoms with Gasteiger partial charge in [-0.3, -0.25) is 0 Å². The highest BCUT2D eigenvalue weighted by molar-refractivity contribution is 5.95. The standard InChI is InChI=1S/C12H8FNO2/c13-11-6-5-8(7-14-11)9-3-1-2-4-10(9)12(15)16/h1-7H,(H,15,16). The number of benzene rings is 1. The highest BCUT2D eigenvalue weighted by Gasteiger charge is 2.10. The van der Waals surface area contributed by atoms with Crippen molar-refractivity contribution in [3.8, 4) is 11.1 Å². The molecule has 0 bridgehead atoms. The first-order valence-electron chi connectivity index (χ1n) is 4.63. The number of halogens is 1. The predicted molar refractivity (Wildman–Crippen MR) is 56.6 cm³/mol. The quantitative estimate of drug-likeness (QED) is 0.786. The van der Waals surface area contributed by atoms with Gasteiger partial charge in [0.05, 0.1) is 5.56 Å². The Bertz CT molecular complexity index is 523. The second kappa shape index (κ2) is 4.10. The number of nitrogens with zero attached hydrogens (tertiary/aromatic N) is 1. The zero-order valence-corrected chi connectivity index (χ0v) is 8.22. The summed E-state index contributed by atoms with van der Waals surface area (Å²) < 4.78 is 12.6. The average molecular weight is 217 g/mol. The minimum atomic E-state index is -1.01. The van der Waals surface area contributed by atoms with Crippen molar-refractivity contribution < 1.29 is 14.3 Å². The molecular weight excluding hydrogens is 209 g/mol. The lowest BCUT2D eigenvalue weighted by atomic mass is 10.0. The van der Waals surface area contributed by atoms with Crippen molar-refractivity contribution >= 4 is 5.97 Å². The molecule has 0 aliphatic rings. The fraction of sp³-hybridized carbons (Fsp3) is 0. The number of pyridine rings is 1. The molecule has 0 aliphatic heterocycles. The van der Waals surface area contributed by atoms with Gasteiger partial charge in [0, 0.05) is 11.8 Å². The molecule has 1 N–H and O–H groups in total. The summed E-state index contributed by atoms with van der Waals surface area (Å²) in [7, 11) is 0. The summed E-state index contributed by atoms with van der Waals surface area (Å²) in [6.45, 7) is 0. The van der Waals surface area contributed by atoms with E-state index in [4.69, 9.17) is 5.11 Å². The summed E-state index contributed by atoms with van der Waals surface area (Å²) in [5.41, 5.74) is 1.29. The molecule has 2 aromatic rings. The molecule has 4 heteroatoms. The number of rotatable bonds is 2. The van der Waals surface area contributed by atoms with Crippen molar-refractivity contribution in [3.63, 3.8) is 0 Å². The molecule has 1 aromatic heterocycles. The van der Waals surface area contributed by atoms with Crippen LogP contribution in [0.25, 0.3) is 11.1 Å². The molecule has 0 spiro atoms. The second-order valence-electron chi connectivity index (χ2n) is 3.22. The first kappa shape index (κ1) is 10.3. The van der Waals surface area contributed by atoms with E-state index in [1.807, 2.05) is 0 Å². The van der Waals surface area contributed by atoms with Gasteiger partial charge in [0.25, 0.3) is 0 Å². The number of aromatic nitrogens is 1. The fourth-order valence-corrected chi connectivity index (χ4v) is 1.46. The van der Waals surface area contributed by atoms with Gasteiger partial charge in [-0.15, -0.1) is 0 Å². The van der Waals surface area contributed by atoms with E-state index in [0.29, 0.717) is 11.1 Å². The largest absolute Gasteiger partial charge is 0.478 e.